The van der Waals surface area contributed by atoms with Crippen LogP contribution in [0.15, 0.2) is 28.2 Å². The zero-order valence-corrected chi connectivity index (χ0v) is 32.0. The highest BCUT2D eigenvalue weighted by Crippen LogP contribution is 2.31. The van der Waals surface area contributed by atoms with Crippen LogP contribution in [-0.4, -0.2) is 108 Å². The molecule has 4 aliphatic rings. The highest BCUT2D eigenvalue weighted by molar-refractivity contribution is 6.61. The lowest BCUT2D eigenvalue weighted by Gasteiger charge is -2.37. The number of amides is 5. The normalized spacial score (nSPS) is 21.8. The van der Waals surface area contributed by atoms with E-state index in [2.05, 4.69) is 31.3 Å². The van der Waals surface area contributed by atoms with Gasteiger partial charge in [0.2, 0.25) is 23.5 Å². The summed E-state index contributed by atoms with van der Waals surface area (Å²) < 4.78 is 34.1. The van der Waals surface area contributed by atoms with Gasteiger partial charge in [0.05, 0.1) is 31.9 Å². The van der Waals surface area contributed by atoms with E-state index in [4.69, 9.17) is 4.74 Å². The van der Waals surface area contributed by atoms with Crippen LogP contribution in [0.3, 0.4) is 0 Å². The minimum atomic E-state index is -1.24. The fourth-order valence-electron chi connectivity index (χ4n) is 7.31. The molecule has 16 heteroatoms. The monoisotopic (exact) mass is 769 g/mol. The second-order valence-corrected chi connectivity index (χ2v) is 16.0. The molecule has 5 rings (SSSR count). The number of ether oxygens (including phenoxy) is 1. The maximum atomic E-state index is 14.7. The van der Waals surface area contributed by atoms with E-state index < -0.39 is 82.6 Å². The molecule has 0 bridgehead atoms. The highest BCUT2D eigenvalue weighted by Gasteiger charge is 2.47. The molecule has 2 aliphatic carbocycles. The molecule has 1 aromatic carbocycles. The molecule has 1 saturated heterocycles. The van der Waals surface area contributed by atoms with Crippen molar-refractivity contribution in [2.24, 2.45) is 21.3 Å². The average Bonchev–Trinajstić information content (AvgIpc) is 3.86. The molecule has 300 valence electrons. The first-order valence-corrected chi connectivity index (χ1v) is 19.4. The summed E-state index contributed by atoms with van der Waals surface area (Å²) in [5, 5.41) is 11.1. The number of Topliss-reactive ketones (excluding diaryl/α,β-unsaturated/α-hetero) is 1. The summed E-state index contributed by atoms with van der Waals surface area (Å²) >= 11 is 0. The number of halogens is 2. The minimum absolute atomic E-state index is 0.0756. The summed E-state index contributed by atoms with van der Waals surface area (Å²) in [4.78, 5) is 91.7. The number of rotatable bonds is 15. The Bertz CT molecular complexity index is 1670. The second-order valence-electron chi connectivity index (χ2n) is 16.0. The second kappa shape index (κ2) is 18.2. The zero-order chi connectivity index (χ0) is 39.9. The number of carbonyl (C=O) groups is 6. The van der Waals surface area contributed by atoms with Crippen LogP contribution < -0.4 is 26.0 Å². The summed E-state index contributed by atoms with van der Waals surface area (Å²) in [5.74, 6) is -6.18. The van der Waals surface area contributed by atoms with Crippen LogP contribution in [0.25, 0.3) is 0 Å². The minimum Gasteiger partial charge on any atom is -0.488 e. The molecule has 0 aromatic heterocycles. The van der Waals surface area contributed by atoms with Crippen LogP contribution in [-0.2, 0) is 28.8 Å². The number of nitrogens with one attached hydrogen (secondary N) is 4. The van der Waals surface area contributed by atoms with Crippen molar-refractivity contribution in [3.8, 4) is 5.75 Å². The molecule has 2 saturated carbocycles. The van der Waals surface area contributed by atoms with Gasteiger partial charge in [0.25, 0.3) is 11.8 Å². The third kappa shape index (κ3) is 11.2. The third-order valence-corrected chi connectivity index (χ3v) is 10.4. The average molecular weight is 770 g/mol. The van der Waals surface area contributed by atoms with E-state index in [1.165, 1.54) is 11.1 Å². The molecule has 4 N–H and O–H groups in total. The van der Waals surface area contributed by atoms with Crippen molar-refractivity contribution in [1.82, 2.24) is 26.2 Å². The molecule has 0 radical (unpaired) electrons. The van der Waals surface area contributed by atoms with Crippen LogP contribution in [0, 0.1) is 23.0 Å². The first-order chi connectivity index (χ1) is 26.1. The van der Waals surface area contributed by atoms with Gasteiger partial charge in [-0.25, -0.2) is 8.78 Å². The number of likely N-dealkylation sites (tertiary alicyclic amines) is 1. The van der Waals surface area contributed by atoms with Gasteiger partial charge in [0.15, 0.2) is 0 Å². The molecule has 3 fully saturated rings. The Labute approximate surface area is 320 Å². The zero-order valence-electron chi connectivity index (χ0n) is 32.0. The Balaban J connectivity index is 1.40. The van der Waals surface area contributed by atoms with Crippen LogP contribution >= 0.6 is 0 Å². The molecular weight excluding hydrogens is 716 g/mol. The predicted molar refractivity (Wildman–Crippen MR) is 199 cm³/mol. The van der Waals surface area contributed by atoms with Crippen molar-refractivity contribution >= 4 is 47.2 Å². The van der Waals surface area contributed by atoms with Gasteiger partial charge in [-0.2, -0.15) is 0 Å². The van der Waals surface area contributed by atoms with Crippen molar-refractivity contribution in [2.45, 2.75) is 128 Å². The molecule has 14 nitrogen and oxygen atoms in total. The van der Waals surface area contributed by atoms with Crippen molar-refractivity contribution < 1.29 is 42.3 Å². The van der Waals surface area contributed by atoms with E-state index in [-0.39, 0.29) is 42.8 Å². The standard InChI is InChI=1S/C39H53F2N7O7/c1-5-9-28(32(49)37(53)44-25-12-13-25)45-35(51)30-19-27(55-26-17-23(40)16-24(41)18-26)21-48(30)38(54)33(39(2,3)4)47-36(52)31(22-10-7-6-8-11-22)46-34(50)29-20-42-14-15-43-29/h16-18,20,22,25,27-28,30-31,33H,5-15,19,21H2,1-4H3,(H,44,53)(H,45,51)(H,46,50)(H,47,52)/t27-,28+,30+,31+,33-/m1/s1. The third-order valence-electron chi connectivity index (χ3n) is 10.4. The Hall–Kier alpha value is -4.76. The lowest BCUT2D eigenvalue weighted by atomic mass is 9.82. The SMILES string of the molecule is CCC[C@H](NC(=O)[C@@H]1C[C@@H](Oc2cc(F)cc(F)c2)CN1C(=O)[C@@H](NC(=O)[C@@H](NC(=O)C1=NCCN=C1)C1CCCCC1)C(C)(C)C)C(=O)C(=O)NC1CC1. The summed E-state index contributed by atoms with van der Waals surface area (Å²) in [5.41, 5.74) is -0.801. The van der Waals surface area contributed by atoms with Crippen molar-refractivity contribution in [1.29, 1.82) is 0 Å². The molecule has 55 heavy (non-hydrogen) atoms. The smallest absolute Gasteiger partial charge is 0.289 e. The maximum Gasteiger partial charge on any atom is 0.289 e. The van der Waals surface area contributed by atoms with Gasteiger partial charge >= 0.3 is 0 Å². The van der Waals surface area contributed by atoms with Gasteiger partial charge in [-0.3, -0.25) is 38.8 Å². The van der Waals surface area contributed by atoms with E-state index in [0.717, 1.165) is 44.2 Å². The Morgan fingerprint density at radius 2 is 1.62 bits per heavy atom. The van der Waals surface area contributed by atoms with E-state index in [1.807, 2.05) is 0 Å². The number of aliphatic imine (C=N–C) groups is 2. The molecule has 0 spiro atoms. The van der Waals surface area contributed by atoms with Crippen LogP contribution in [0.1, 0.15) is 91.9 Å². The van der Waals surface area contributed by atoms with E-state index >= 15 is 0 Å². The molecule has 5 amide bonds. The van der Waals surface area contributed by atoms with Crippen LogP contribution in [0.2, 0.25) is 0 Å². The van der Waals surface area contributed by atoms with E-state index in [9.17, 15) is 37.5 Å². The van der Waals surface area contributed by atoms with Gasteiger partial charge in [0.1, 0.15) is 47.3 Å². The Morgan fingerprint density at radius 3 is 2.22 bits per heavy atom. The highest BCUT2D eigenvalue weighted by atomic mass is 19.1. The molecule has 5 atom stereocenters. The van der Waals surface area contributed by atoms with E-state index in [1.54, 1.807) is 27.7 Å². The van der Waals surface area contributed by atoms with Gasteiger partial charge in [-0.1, -0.05) is 53.4 Å². The largest absolute Gasteiger partial charge is 0.488 e. The number of carbonyl (C=O) groups excluding carboxylic acids is 6. The topological polar surface area (TPSA) is 188 Å². The van der Waals surface area contributed by atoms with Crippen molar-refractivity contribution in [3.63, 3.8) is 0 Å². The number of hydrogen-bond donors (Lipinski definition) is 4. The molecule has 2 aliphatic heterocycles. The van der Waals surface area contributed by atoms with Crippen LogP contribution in [0.5, 0.6) is 5.75 Å². The Morgan fingerprint density at radius 1 is 0.927 bits per heavy atom. The van der Waals surface area contributed by atoms with E-state index in [0.29, 0.717) is 38.4 Å². The summed E-state index contributed by atoms with van der Waals surface area (Å²) in [7, 11) is 0. The summed E-state index contributed by atoms with van der Waals surface area (Å²) in [6, 6.07) is -2.02. The van der Waals surface area contributed by atoms with Crippen molar-refractivity contribution in [3.05, 3.63) is 29.8 Å². The maximum absolute atomic E-state index is 14.7. The summed E-state index contributed by atoms with van der Waals surface area (Å²) in [6.45, 7) is 7.67. The molecular formula is C39H53F2N7O7. The van der Waals surface area contributed by atoms with Crippen molar-refractivity contribution in [2.75, 3.05) is 19.6 Å². The first-order valence-electron chi connectivity index (χ1n) is 19.4. The molecule has 2 heterocycles. The number of nitrogens with zero attached hydrogens (tertiary/aromatic N) is 3. The lowest BCUT2D eigenvalue weighted by molar-refractivity contribution is -0.145. The summed E-state index contributed by atoms with van der Waals surface area (Å²) in [6.07, 6.45) is 6.65. The first kappa shape index (κ1) is 41.4. The number of hydrogen-bond acceptors (Lipinski definition) is 9. The molecule has 1 aromatic rings. The number of benzene rings is 1. The Kier molecular flexibility index (Phi) is 13.7. The van der Waals surface area contributed by atoms with Gasteiger partial charge < -0.3 is 30.9 Å². The van der Waals surface area contributed by atoms with Gasteiger partial charge in [-0.05, 0) is 43.4 Å². The van der Waals surface area contributed by atoms with Gasteiger partial charge in [0, 0.05) is 30.7 Å². The fourth-order valence-corrected chi connectivity index (χ4v) is 7.31. The number of ketones is 1. The quantitative estimate of drug-likeness (QED) is 0.197. The van der Waals surface area contributed by atoms with Crippen LogP contribution in [0.4, 0.5) is 8.78 Å². The van der Waals surface area contributed by atoms with Gasteiger partial charge in [-0.15, -0.1) is 0 Å². The fraction of sp³-hybridized carbons (Fsp3) is 0.641. The molecule has 0 unspecified atom stereocenters. The predicted octanol–water partition coefficient (Wildman–Crippen LogP) is 2.57. The lowest BCUT2D eigenvalue weighted by Crippen LogP contribution is -2.62.